The van der Waals surface area contributed by atoms with Gasteiger partial charge >= 0.3 is 5.97 Å². The number of carbonyl (C=O) groups is 1. The molecular formula is C30H39N9O3. The average molecular weight is 574 g/mol. The molecule has 12 nitrogen and oxygen atoms in total. The third kappa shape index (κ3) is 4.18. The van der Waals surface area contributed by atoms with E-state index in [0.717, 1.165) is 72.3 Å². The van der Waals surface area contributed by atoms with Gasteiger partial charge in [-0.2, -0.15) is 9.97 Å². The van der Waals surface area contributed by atoms with Crippen molar-refractivity contribution in [2.75, 3.05) is 50.9 Å². The minimum atomic E-state index is -0.616. The second-order valence-electron chi connectivity index (χ2n) is 11.9. The summed E-state index contributed by atoms with van der Waals surface area (Å²) in [7, 11) is 2.05. The molecule has 0 N–H and O–H groups in total. The lowest BCUT2D eigenvalue weighted by atomic mass is 9.80. The summed E-state index contributed by atoms with van der Waals surface area (Å²) in [6.45, 7) is 13.6. The van der Waals surface area contributed by atoms with Crippen LogP contribution in [0.3, 0.4) is 0 Å². The molecule has 0 aliphatic carbocycles. The normalized spacial score (nSPS) is 21.4. The fourth-order valence-electron chi connectivity index (χ4n) is 6.63. The van der Waals surface area contributed by atoms with Gasteiger partial charge < -0.3 is 18.9 Å². The summed E-state index contributed by atoms with van der Waals surface area (Å²) >= 11 is 0. The molecule has 12 heteroatoms. The Morgan fingerprint density at radius 2 is 1.81 bits per heavy atom. The zero-order valence-electron chi connectivity index (χ0n) is 25.1. The molecule has 0 radical (unpaired) electrons. The third-order valence-electron chi connectivity index (χ3n) is 9.19. The van der Waals surface area contributed by atoms with Crippen LogP contribution in [-0.4, -0.2) is 108 Å². The van der Waals surface area contributed by atoms with Crippen LogP contribution in [0.2, 0.25) is 0 Å². The van der Waals surface area contributed by atoms with Crippen molar-refractivity contribution < 1.29 is 14.3 Å². The number of aryl methyl sites for hydroxylation is 2. The molecule has 6 heterocycles. The van der Waals surface area contributed by atoms with Crippen molar-refractivity contribution in [2.24, 2.45) is 7.05 Å². The Morgan fingerprint density at radius 1 is 1.02 bits per heavy atom. The zero-order chi connectivity index (χ0) is 29.2. The predicted molar refractivity (Wildman–Crippen MR) is 159 cm³/mol. The number of fused-ring (bicyclic) bond motifs is 3. The van der Waals surface area contributed by atoms with Crippen molar-refractivity contribution in [1.82, 2.24) is 38.9 Å². The van der Waals surface area contributed by atoms with Gasteiger partial charge in [0.2, 0.25) is 5.95 Å². The highest BCUT2D eigenvalue weighted by molar-refractivity contribution is 5.86. The van der Waals surface area contributed by atoms with Gasteiger partial charge in [-0.3, -0.25) is 19.2 Å². The van der Waals surface area contributed by atoms with Gasteiger partial charge in [0, 0.05) is 51.7 Å². The SMILES string of the molecule is CCOC(=O)C(C)(C)N1CC2C1CN2Cc1nc2c(N3CCOCC3)nc(-n3c(CC)nc4ccccc43)nc2n1C. The predicted octanol–water partition coefficient (Wildman–Crippen LogP) is 2.31. The van der Waals surface area contributed by atoms with Gasteiger partial charge in [-0.05, 0) is 32.9 Å². The zero-order valence-corrected chi connectivity index (χ0v) is 25.1. The van der Waals surface area contributed by atoms with Crippen molar-refractivity contribution in [2.45, 2.75) is 58.3 Å². The molecule has 3 fully saturated rings. The molecule has 3 aromatic heterocycles. The molecule has 42 heavy (non-hydrogen) atoms. The Kier molecular flexibility index (Phi) is 6.67. The number of hydrogen-bond acceptors (Lipinski definition) is 10. The highest BCUT2D eigenvalue weighted by Crippen LogP contribution is 2.40. The topological polar surface area (TPSA) is 107 Å². The standard InChI is InChI=1S/C30H39N9O3/c1-6-23-31-19-10-8-9-11-20(19)39(23)29-33-26-25(27(34-29)36-12-14-41-15-13-36)32-24(35(26)5)18-37-16-22-21(37)17-38(22)30(3,4)28(40)42-7-2/h8-11,21-22H,6-7,12-18H2,1-5H3. The van der Waals surface area contributed by atoms with Gasteiger partial charge in [-0.25, -0.2) is 9.97 Å². The van der Waals surface area contributed by atoms with Crippen LogP contribution in [0.1, 0.15) is 39.3 Å². The molecule has 3 saturated heterocycles. The maximum Gasteiger partial charge on any atom is 0.325 e. The third-order valence-corrected chi connectivity index (χ3v) is 9.19. The van der Waals surface area contributed by atoms with Crippen LogP contribution in [0.15, 0.2) is 24.3 Å². The molecule has 3 aliphatic rings. The molecule has 7 rings (SSSR count). The van der Waals surface area contributed by atoms with Crippen LogP contribution in [0.5, 0.6) is 0 Å². The maximum atomic E-state index is 12.6. The molecule has 0 spiro atoms. The molecule has 2 atom stereocenters. The van der Waals surface area contributed by atoms with Crippen LogP contribution in [0, 0.1) is 0 Å². The highest BCUT2D eigenvalue weighted by atomic mass is 16.5. The highest BCUT2D eigenvalue weighted by Gasteiger charge is 2.57. The number of anilines is 1. The summed E-state index contributed by atoms with van der Waals surface area (Å²) in [5.41, 5.74) is 2.94. The Hall–Kier alpha value is -3.61. The number of benzene rings is 1. The Morgan fingerprint density at radius 3 is 2.52 bits per heavy atom. The first-order valence-corrected chi connectivity index (χ1v) is 15.0. The van der Waals surface area contributed by atoms with Crippen molar-refractivity contribution in [1.29, 1.82) is 0 Å². The van der Waals surface area contributed by atoms with Crippen LogP contribution >= 0.6 is 0 Å². The van der Waals surface area contributed by atoms with Crippen LogP contribution in [0.4, 0.5) is 5.82 Å². The van der Waals surface area contributed by atoms with E-state index in [1.165, 1.54) is 0 Å². The summed E-state index contributed by atoms with van der Waals surface area (Å²) in [6.07, 6.45) is 0.765. The number of likely N-dealkylation sites (tertiary alicyclic amines) is 2. The van der Waals surface area contributed by atoms with Crippen LogP contribution in [-0.2, 0) is 34.3 Å². The maximum absolute atomic E-state index is 12.6. The van der Waals surface area contributed by atoms with Crippen LogP contribution < -0.4 is 4.90 Å². The van der Waals surface area contributed by atoms with E-state index in [0.29, 0.717) is 44.4 Å². The molecule has 2 unspecified atom stereocenters. The van der Waals surface area contributed by atoms with Gasteiger partial charge in [0.25, 0.3) is 0 Å². The van der Waals surface area contributed by atoms with Gasteiger partial charge in [0.05, 0.1) is 37.4 Å². The first-order chi connectivity index (χ1) is 20.3. The minimum Gasteiger partial charge on any atom is -0.465 e. The number of rotatable bonds is 8. The first-order valence-electron chi connectivity index (χ1n) is 15.0. The van der Waals surface area contributed by atoms with E-state index in [4.69, 9.17) is 29.4 Å². The van der Waals surface area contributed by atoms with E-state index in [1.807, 2.05) is 46.0 Å². The number of hydrogen-bond donors (Lipinski definition) is 0. The summed E-state index contributed by atoms with van der Waals surface area (Å²) < 4.78 is 15.2. The summed E-state index contributed by atoms with van der Waals surface area (Å²) in [5.74, 6) is 3.19. The van der Waals surface area contributed by atoms with Crippen molar-refractivity contribution in [3.8, 4) is 5.95 Å². The molecule has 1 aromatic carbocycles. The first kappa shape index (κ1) is 27.2. The Bertz CT molecular complexity index is 1650. The number of nitrogens with zero attached hydrogens (tertiary/aromatic N) is 9. The second kappa shape index (κ2) is 10.3. The number of imidazole rings is 2. The molecule has 0 saturated carbocycles. The van der Waals surface area contributed by atoms with E-state index in [9.17, 15) is 4.79 Å². The summed E-state index contributed by atoms with van der Waals surface area (Å²) in [5, 5.41) is 0. The number of carbonyl (C=O) groups excluding carboxylic acids is 1. The quantitative estimate of drug-likeness (QED) is 0.292. The number of esters is 1. The number of aromatic nitrogens is 6. The van der Waals surface area contributed by atoms with E-state index >= 15 is 0 Å². The van der Waals surface area contributed by atoms with Gasteiger partial charge in [0.15, 0.2) is 17.0 Å². The number of ether oxygens (including phenoxy) is 2. The minimum absolute atomic E-state index is 0.154. The van der Waals surface area contributed by atoms with E-state index in [1.54, 1.807) is 0 Å². The van der Waals surface area contributed by atoms with Gasteiger partial charge in [-0.1, -0.05) is 19.1 Å². The van der Waals surface area contributed by atoms with Gasteiger partial charge in [0.1, 0.15) is 17.2 Å². The molecular weight excluding hydrogens is 534 g/mol. The molecule has 222 valence electrons. The average Bonchev–Trinajstić information content (AvgIpc) is 3.52. The number of morpholine rings is 1. The fourth-order valence-corrected chi connectivity index (χ4v) is 6.63. The fraction of sp³-hybridized carbons (Fsp3) is 0.567. The Labute approximate surface area is 245 Å². The lowest BCUT2D eigenvalue weighted by Crippen LogP contribution is -2.82. The summed E-state index contributed by atoms with van der Waals surface area (Å²) in [4.78, 5) is 39.8. The Balaban J connectivity index is 1.22. The molecule has 0 bridgehead atoms. The number of piperazine rings is 1. The van der Waals surface area contributed by atoms with Crippen molar-refractivity contribution in [3.63, 3.8) is 0 Å². The lowest BCUT2D eigenvalue weighted by Gasteiger charge is -2.65. The lowest BCUT2D eigenvalue weighted by molar-refractivity contribution is -0.191. The van der Waals surface area contributed by atoms with Gasteiger partial charge in [-0.15, -0.1) is 0 Å². The van der Waals surface area contributed by atoms with Crippen molar-refractivity contribution in [3.05, 3.63) is 35.9 Å². The van der Waals surface area contributed by atoms with E-state index in [-0.39, 0.29) is 5.97 Å². The van der Waals surface area contributed by atoms with E-state index in [2.05, 4.69) is 36.8 Å². The molecule has 3 aliphatic heterocycles. The second-order valence-corrected chi connectivity index (χ2v) is 11.9. The molecule has 0 amide bonds. The molecule has 4 aromatic rings. The van der Waals surface area contributed by atoms with E-state index < -0.39 is 5.54 Å². The summed E-state index contributed by atoms with van der Waals surface area (Å²) in [6, 6.07) is 8.90. The monoisotopic (exact) mass is 573 g/mol. The number of para-hydroxylation sites is 2. The van der Waals surface area contributed by atoms with Crippen LogP contribution in [0.25, 0.3) is 28.1 Å². The van der Waals surface area contributed by atoms with Crippen molar-refractivity contribution >= 4 is 34.0 Å². The smallest absolute Gasteiger partial charge is 0.325 e. The largest absolute Gasteiger partial charge is 0.465 e.